The molecule has 1 aromatic rings. The van der Waals surface area contributed by atoms with E-state index in [4.69, 9.17) is 0 Å². The van der Waals surface area contributed by atoms with Gasteiger partial charge in [0.15, 0.2) is 0 Å². The molecule has 1 unspecified atom stereocenters. The Labute approximate surface area is 126 Å². The maximum absolute atomic E-state index is 12.2. The summed E-state index contributed by atoms with van der Waals surface area (Å²) in [6, 6.07) is 3.69. The minimum atomic E-state index is -0.388. The summed E-state index contributed by atoms with van der Waals surface area (Å²) in [5.41, 5.74) is 3.50. The second kappa shape index (κ2) is 6.39. The number of benzene rings is 1. The molecule has 1 aliphatic heterocycles. The van der Waals surface area contributed by atoms with Crippen molar-refractivity contribution in [3.63, 3.8) is 0 Å². The van der Waals surface area contributed by atoms with Crippen LogP contribution in [-0.2, 0) is 4.79 Å². The van der Waals surface area contributed by atoms with E-state index in [2.05, 4.69) is 19.2 Å². The highest BCUT2D eigenvalue weighted by molar-refractivity contribution is 6.52. The second-order valence-electron chi connectivity index (χ2n) is 5.96. The molecule has 0 aromatic heterocycles. The third-order valence-corrected chi connectivity index (χ3v) is 4.07. The first-order chi connectivity index (χ1) is 9.97. The number of nitrogens with one attached hydrogen (secondary N) is 1. The molecule has 1 aliphatic rings. The zero-order valence-corrected chi connectivity index (χ0v) is 13.3. The molecule has 4 nitrogen and oxygen atoms in total. The van der Waals surface area contributed by atoms with Gasteiger partial charge < -0.3 is 10.2 Å². The number of hydrogen-bond acceptors (Lipinski definition) is 3. The Hall–Kier alpha value is -1.68. The highest BCUT2D eigenvalue weighted by atomic mass is 16.2. The van der Waals surface area contributed by atoms with Gasteiger partial charge in [-0.2, -0.15) is 0 Å². The van der Waals surface area contributed by atoms with Crippen molar-refractivity contribution in [2.75, 3.05) is 24.5 Å². The highest BCUT2D eigenvalue weighted by Gasteiger charge is 2.37. The molecule has 1 heterocycles. The largest absolute Gasteiger partial charge is 0.316 e. The van der Waals surface area contributed by atoms with Crippen LogP contribution in [0.25, 0.3) is 0 Å². The lowest BCUT2D eigenvalue weighted by Gasteiger charge is -2.23. The van der Waals surface area contributed by atoms with Gasteiger partial charge in [0.25, 0.3) is 11.7 Å². The number of nitrogens with zero attached hydrogens (tertiary/aromatic N) is 1. The number of aryl methyl sites for hydroxylation is 1. The van der Waals surface area contributed by atoms with Gasteiger partial charge in [0, 0.05) is 6.54 Å². The summed E-state index contributed by atoms with van der Waals surface area (Å²) < 4.78 is 0. The van der Waals surface area contributed by atoms with Crippen molar-refractivity contribution in [1.82, 2.24) is 5.32 Å². The van der Waals surface area contributed by atoms with Crippen LogP contribution in [0.2, 0.25) is 0 Å². The molecule has 0 fully saturated rings. The van der Waals surface area contributed by atoms with Crippen LogP contribution in [0.1, 0.15) is 41.8 Å². The van der Waals surface area contributed by atoms with Crippen LogP contribution in [0, 0.1) is 19.8 Å². The number of anilines is 1. The molecule has 4 heteroatoms. The Kier molecular flexibility index (Phi) is 4.78. The third-order valence-electron chi connectivity index (χ3n) is 4.07. The summed E-state index contributed by atoms with van der Waals surface area (Å²) in [5.74, 6) is -0.456. The molecular formula is C17H24N2O2. The standard InChI is InChI=1S/C17H24N2O2/c1-5-8-18-9-11(2)10-19-15-13(4)12(3)6-7-14(15)16(20)17(19)21/h6-7,11,18H,5,8-10H2,1-4H3. The van der Waals surface area contributed by atoms with Crippen LogP contribution in [0.15, 0.2) is 12.1 Å². The molecule has 114 valence electrons. The number of rotatable bonds is 6. The number of carbonyl (C=O) groups excluding carboxylic acids is 2. The predicted octanol–water partition coefficient (Wildman–Crippen LogP) is 2.47. The predicted molar refractivity (Wildman–Crippen MR) is 84.9 cm³/mol. The van der Waals surface area contributed by atoms with Gasteiger partial charge in [0.1, 0.15) is 0 Å². The lowest BCUT2D eigenvalue weighted by Crippen LogP contribution is -2.37. The lowest BCUT2D eigenvalue weighted by molar-refractivity contribution is -0.114. The molecule has 0 radical (unpaired) electrons. The van der Waals surface area contributed by atoms with E-state index in [1.165, 1.54) is 0 Å². The number of amides is 1. The van der Waals surface area contributed by atoms with E-state index >= 15 is 0 Å². The summed E-state index contributed by atoms with van der Waals surface area (Å²) in [5, 5.41) is 3.36. The first kappa shape index (κ1) is 15.7. The van der Waals surface area contributed by atoms with Crippen molar-refractivity contribution >= 4 is 17.4 Å². The summed E-state index contributed by atoms with van der Waals surface area (Å²) >= 11 is 0. The van der Waals surface area contributed by atoms with Gasteiger partial charge in [0.05, 0.1) is 11.3 Å². The fourth-order valence-corrected chi connectivity index (χ4v) is 2.75. The lowest BCUT2D eigenvalue weighted by atomic mass is 10.0. The Bertz CT molecular complexity index is 566. The van der Waals surface area contributed by atoms with Crippen molar-refractivity contribution in [3.8, 4) is 0 Å². The van der Waals surface area contributed by atoms with E-state index in [1.807, 2.05) is 19.9 Å². The molecule has 0 aliphatic carbocycles. The normalized spacial score (nSPS) is 15.5. The molecule has 1 atom stereocenters. The maximum atomic E-state index is 12.2. The van der Waals surface area contributed by atoms with Crippen molar-refractivity contribution in [2.24, 2.45) is 5.92 Å². The number of hydrogen-bond donors (Lipinski definition) is 1. The zero-order valence-electron chi connectivity index (χ0n) is 13.3. The second-order valence-corrected chi connectivity index (χ2v) is 5.96. The van der Waals surface area contributed by atoms with Crippen LogP contribution in [0.3, 0.4) is 0 Å². The number of ketones is 1. The van der Waals surface area contributed by atoms with E-state index in [9.17, 15) is 9.59 Å². The van der Waals surface area contributed by atoms with Crippen LogP contribution in [-0.4, -0.2) is 31.3 Å². The first-order valence-electron chi connectivity index (χ1n) is 7.64. The molecule has 1 aromatic carbocycles. The van der Waals surface area contributed by atoms with E-state index in [0.717, 1.165) is 36.3 Å². The van der Waals surface area contributed by atoms with Crippen molar-refractivity contribution in [2.45, 2.75) is 34.1 Å². The van der Waals surface area contributed by atoms with Crippen molar-refractivity contribution < 1.29 is 9.59 Å². The van der Waals surface area contributed by atoms with Gasteiger partial charge in [-0.3, -0.25) is 9.59 Å². The molecule has 1 amide bonds. The van der Waals surface area contributed by atoms with E-state index < -0.39 is 0 Å². The average Bonchev–Trinajstić information content (AvgIpc) is 2.69. The van der Waals surface area contributed by atoms with Crippen molar-refractivity contribution in [3.05, 3.63) is 28.8 Å². The minimum absolute atomic E-state index is 0.305. The van der Waals surface area contributed by atoms with E-state index in [-0.39, 0.29) is 11.7 Å². The number of carbonyl (C=O) groups is 2. The molecule has 1 N–H and O–H groups in total. The Balaban J connectivity index is 2.20. The monoisotopic (exact) mass is 288 g/mol. The molecule has 0 saturated carbocycles. The SMILES string of the molecule is CCCNCC(C)CN1C(=O)C(=O)c2ccc(C)c(C)c21. The molecule has 0 bridgehead atoms. The van der Waals surface area contributed by atoms with Gasteiger partial charge in [0.2, 0.25) is 0 Å². The Morgan fingerprint density at radius 1 is 1.24 bits per heavy atom. The van der Waals surface area contributed by atoms with Crippen LogP contribution in [0.4, 0.5) is 5.69 Å². The van der Waals surface area contributed by atoms with Crippen LogP contribution >= 0.6 is 0 Å². The summed E-state index contributed by atoms with van der Waals surface area (Å²) in [6.45, 7) is 10.6. The third kappa shape index (κ3) is 3.00. The van der Waals surface area contributed by atoms with Gasteiger partial charge >= 0.3 is 0 Å². The minimum Gasteiger partial charge on any atom is -0.316 e. The zero-order chi connectivity index (χ0) is 15.6. The fraction of sp³-hybridized carbons (Fsp3) is 0.529. The molecular weight excluding hydrogens is 264 g/mol. The first-order valence-corrected chi connectivity index (χ1v) is 7.64. The number of Topliss-reactive ketones (excluding diaryl/α,β-unsaturated/α-hetero) is 1. The number of fused-ring (bicyclic) bond motifs is 1. The quantitative estimate of drug-likeness (QED) is 0.646. The average molecular weight is 288 g/mol. The fourth-order valence-electron chi connectivity index (χ4n) is 2.75. The summed E-state index contributed by atoms with van der Waals surface area (Å²) in [6.07, 6.45) is 1.09. The Morgan fingerprint density at radius 3 is 2.62 bits per heavy atom. The van der Waals surface area contributed by atoms with E-state index in [0.29, 0.717) is 18.0 Å². The molecule has 21 heavy (non-hydrogen) atoms. The van der Waals surface area contributed by atoms with E-state index in [1.54, 1.807) is 11.0 Å². The van der Waals surface area contributed by atoms with Gasteiger partial charge in [-0.15, -0.1) is 0 Å². The molecule has 2 rings (SSSR count). The van der Waals surface area contributed by atoms with Gasteiger partial charge in [-0.1, -0.05) is 19.9 Å². The highest BCUT2D eigenvalue weighted by Crippen LogP contribution is 2.34. The summed E-state index contributed by atoms with van der Waals surface area (Å²) in [7, 11) is 0. The topological polar surface area (TPSA) is 49.4 Å². The molecule has 0 saturated heterocycles. The Morgan fingerprint density at radius 2 is 1.95 bits per heavy atom. The van der Waals surface area contributed by atoms with Gasteiger partial charge in [-0.25, -0.2) is 0 Å². The smallest absolute Gasteiger partial charge is 0.299 e. The van der Waals surface area contributed by atoms with Crippen molar-refractivity contribution in [1.29, 1.82) is 0 Å². The van der Waals surface area contributed by atoms with Gasteiger partial charge in [-0.05, 0) is 56.5 Å². The van der Waals surface area contributed by atoms with Crippen LogP contribution < -0.4 is 10.2 Å². The molecule has 0 spiro atoms. The maximum Gasteiger partial charge on any atom is 0.299 e. The summed E-state index contributed by atoms with van der Waals surface area (Å²) in [4.78, 5) is 26.0. The van der Waals surface area contributed by atoms with Crippen LogP contribution in [0.5, 0.6) is 0 Å².